The molecule has 1 heterocycles. The maximum atomic E-state index is 12.0. The van der Waals surface area contributed by atoms with Gasteiger partial charge in [-0.2, -0.15) is 4.39 Å². The lowest BCUT2D eigenvalue weighted by molar-refractivity contribution is 0.0696. The van der Waals surface area contributed by atoms with Crippen molar-refractivity contribution in [2.24, 2.45) is 0 Å². The highest BCUT2D eigenvalue weighted by atomic mass is 35.5. The molecule has 60 valence electrons. The zero-order valence-corrected chi connectivity index (χ0v) is 6.14. The maximum Gasteiger partial charge on any atom is 0.337 e. The molecule has 0 aliphatic rings. The molecule has 1 aromatic heterocycles. The van der Waals surface area contributed by atoms with E-state index in [0.29, 0.717) is 0 Å². The molecule has 0 aliphatic heterocycles. The van der Waals surface area contributed by atoms with Gasteiger partial charge in [-0.1, -0.05) is 0 Å². The van der Waals surface area contributed by atoms with Gasteiger partial charge in [0.25, 0.3) is 0 Å². The van der Waals surface area contributed by atoms with E-state index in [0.717, 1.165) is 18.3 Å². The number of carbonyl (C=O) groups is 1. The first-order valence-corrected chi connectivity index (χ1v) is 2.55. The van der Waals surface area contributed by atoms with Crippen molar-refractivity contribution in [2.75, 3.05) is 0 Å². The monoisotopic (exact) mass is 177 g/mol. The molecule has 1 N–H and O–H groups in total. The number of nitrogens with zero attached hydrogens (tertiary/aromatic N) is 1. The van der Waals surface area contributed by atoms with Crippen LogP contribution in [0.1, 0.15) is 10.4 Å². The number of carboxylic acid groups (broad SMARTS) is 1. The van der Waals surface area contributed by atoms with Crippen molar-refractivity contribution in [3.05, 3.63) is 29.8 Å². The van der Waals surface area contributed by atoms with E-state index < -0.39 is 11.9 Å². The highest BCUT2D eigenvalue weighted by Crippen LogP contribution is 1.97. The average Bonchev–Trinajstić information content (AvgIpc) is 1.88. The van der Waals surface area contributed by atoms with Crippen LogP contribution in [0.2, 0.25) is 0 Å². The largest absolute Gasteiger partial charge is 0.478 e. The van der Waals surface area contributed by atoms with Crippen molar-refractivity contribution in [1.82, 2.24) is 4.98 Å². The SMILES string of the molecule is Cl.O=C(O)c1ccc(F)nc1. The predicted molar refractivity (Wildman–Crippen MR) is 38.4 cm³/mol. The van der Waals surface area contributed by atoms with Crippen molar-refractivity contribution in [1.29, 1.82) is 0 Å². The molecule has 0 fully saturated rings. The van der Waals surface area contributed by atoms with E-state index in [2.05, 4.69) is 4.98 Å². The van der Waals surface area contributed by atoms with Crippen molar-refractivity contribution in [3.63, 3.8) is 0 Å². The summed E-state index contributed by atoms with van der Waals surface area (Å²) in [5.74, 6) is -1.78. The van der Waals surface area contributed by atoms with E-state index in [4.69, 9.17) is 5.11 Å². The Kier molecular flexibility index (Phi) is 3.47. The van der Waals surface area contributed by atoms with Crippen molar-refractivity contribution < 1.29 is 14.3 Å². The Balaban J connectivity index is 0.000001000. The Bertz CT molecular complexity index is 249. The van der Waals surface area contributed by atoms with E-state index >= 15 is 0 Å². The molecule has 0 saturated carbocycles. The van der Waals surface area contributed by atoms with Crippen LogP contribution in [0.5, 0.6) is 0 Å². The molecule has 0 spiro atoms. The summed E-state index contributed by atoms with van der Waals surface area (Å²) >= 11 is 0. The second-order valence-electron chi connectivity index (χ2n) is 1.67. The minimum Gasteiger partial charge on any atom is -0.478 e. The first-order chi connectivity index (χ1) is 4.70. The zero-order valence-electron chi connectivity index (χ0n) is 5.32. The van der Waals surface area contributed by atoms with Gasteiger partial charge in [-0.25, -0.2) is 9.78 Å². The fraction of sp³-hybridized carbons (Fsp3) is 0. The van der Waals surface area contributed by atoms with Crippen molar-refractivity contribution >= 4 is 18.4 Å². The van der Waals surface area contributed by atoms with E-state index in [1.807, 2.05) is 0 Å². The predicted octanol–water partition coefficient (Wildman–Crippen LogP) is 1.34. The Morgan fingerprint density at radius 2 is 2.18 bits per heavy atom. The quantitative estimate of drug-likeness (QED) is 0.659. The third kappa shape index (κ3) is 2.51. The Morgan fingerprint density at radius 1 is 1.55 bits per heavy atom. The van der Waals surface area contributed by atoms with Gasteiger partial charge >= 0.3 is 5.97 Å². The van der Waals surface area contributed by atoms with Crippen LogP contribution >= 0.6 is 12.4 Å². The number of halogens is 2. The minimum absolute atomic E-state index is 0. The van der Waals surface area contributed by atoms with Crippen LogP contribution in [0.25, 0.3) is 0 Å². The lowest BCUT2D eigenvalue weighted by atomic mass is 10.3. The molecule has 0 aliphatic carbocycles. The van der Waals surface area contributed by atoms with Crippen LogP contribution in [0, 0.1) is 5.95 Å². The molecule has 0 bridgehead atoms. The zero-order chi connectivity index (χ0) is 7.56. The topological polar surface area (TPSA) is 50.2 Å². The first kappa shape index (κ1) is 9.84. The van der Waals surface area contributed by atoms with Gasteiger partial charge in [0.1, 0.15) is 0 Å². The normalized spacial score (nSPS) is 8.45. The molecule has 0 amide bonds. The fourth-order valence-corrected chi connectivity index (χ4v) is 0.502. The van der Waals surface area contributed by atoms with Gasteiger partial charge < -0.3 is 5.11 Å². The van der Waals surface area contributed by atoms with Gasteiger partial charge in [-0.15, -0.1) is 12.4 Å². The van der Waals surface area contributed by atoms with Crippen LogP contribution in [0.4, 0.5) is 4.39 Å². The number of carboxylic acids is 1. The third-order valence-electron chi connectivity index (χ3n) is 0.974. The average molecular weight is 178 g/mol. The van der Waals surface area contributed by atoms with Gasteiger partial charge in [0.2, 0.25) is 5.95 Å². The van der Waals surface area contributed by atoms with Crippen LogP contribution in [0.15, 0.2) is 18.3 Å². The van der Waals surface area contributed by atoms with E-state index in [1.165, 1.54) is 0 Å². The maximum absolute atomic E-state index is 12.0. The number of hydrogen-bond acceptors (Lipinski definition) is 2. The Hall–Kier alpha value is -1.16. The van der Waals surface area contributed by atoms with E-state index in [1.54, 1.807) is 0 Å². The first-order valence-electron chi connectivity index (χ1n) is 2.55. The summed E-state index contributed by atoms with van der Waals surface area (Å²) < 4.78 is 12.0. The lowest BCUT2D eigenvalue weighted by Crippen LogP contribution is -1.96. The van der Waals surface area contributed by atoms with Crippen LogP contribution in [0.3, 0.4) is 0 Å². The van der Waals surface area contributed by atoms with Gasteiger partial charge in [0.05, 0.1) is 5.56 Å². The van der Waals surface area contributed by atoms with Crippen molar-refractivity contribution in [2.45, 2.75) is 0 Å². The molecule has 1 aromatic rings. The van der Waals surface area contributed by atoms with E-state index in [9.17, 15) is 9.18 Å². The second-order valence-corrected chi connectivity index (χ2v) is 1.67. The van der Waals surface area contributed by atoms with Crippen LogP contribution < -0.4 is 0 Å². The minimum atomic E-state index is -1.10. The summed E-state index contributed by atoms with van der Waals surface area (Å²) in [4.78, 5) is 13.3. The Labute approximate surface area is 68.3 Å². The molecule has 0 unspecified atom stereocenters. The van der Waals surface area contributed by atoms with E-state index in [-0.39, 0.29) is 18.0 Å². The summed E-state index contributed by atoms with van der Waals surface area (Å²) in [6, 6.07) is 2.16. The van der Waals surface area contributed by atoms with Crippen LogP contribution in [-0.2, 0) is 0 Å². The molecule has 0 radical (unpaired) electrons. The molecule has 0 atom stereocenters. The lowest BCUT2D eigenvalue weighted by Gasteiger charge is -1.89. The number of aromatic carboxylic acids is 1. The summed E-state index contributed by atoms with van der Waals surface area (Å²) in [5, 5.41) is 8.31. The number of rotatable bonds is 1. The number of pyridine rings is 1. The standard InChI is InChI=1S/C6H4FNO2.ClH/c7-5-2-1-4(3-8-5)6(9)10;/h1-3H,(H,9,10);1H. The summed E-state index contributed by atoms with van der Waals surface area (Å²) in [7, 11) is 0. The van der Waals surface area contributed by atoms with Crippen LogP contribution in [-0.4, -0.2) is 16.1 Å². The molecule has 0 saturated heterocycles. The van der Waals surface area contributed by atoms with Gasteiger partial charge in [0.15, 0.2) is 0 Å². The Morgan fingerprint density at radius 3 is 2.55 bits per heavy atom. The summed E-state index contributed by atoms with van der Waals surface area (Å²) in [6.07, 6.45) is 0.970. The van der Waals surface area contributed by atoms with Gasteiger partial charge in [-0.05, 0) is 12.1 Å². The highest BCUT2D eigenvalue weighted by Gasteiger charge is 2.00. The van der Waals surface area contributed by atoms with Gasteiger partial charge in [0, 0.05) is 6.20 Å². The molecule has 5 heteroatoms. The molecular formula is C6H5ClFNO2. The van der Waals surface area contributed by atoms with Gasteiger partial charge in [-0.3, -0.25) is 0 Å². The molecule has 11 heavy (non-hydrogen) atoms. The molecule has 1 rings (SSSR count). The number of hydrogen-bond donors (Lipinski definition) is 1. The van der Waals surface area contributed by atoms with Crippen molar-refractivity contribution in [3.8, 4) is 0 Å². The summed E-state index contributed by atoms with van der Waals surface area (Å²) in [6.45, 7) is 0. The smallest absolute Gasteiger partial charge is 0.337 e. The molecular weight excluding hydrogens is 173 g/mol. The third-order valence-corrected chi connectivity index (χ3v) is 0.974. The second kappa shape index (κ2) is 3.88. The molecule has 0 aromatic carbocycles. The molecule has 3 nitrogen and oxygen atoms in total. The highest BCUT2D eigenvalue weighted by molar-refractivity contribution is 5.86. The number of aromatic nitrogens is 1. The summed E-state index contributed by atoms with van der Waals surface area (Å²) in [5.41, 5.74) is -0.0126. The fourth-order valence-electron chi connectivity index (χ4n) is 0.502.